The molecule has 0 N–H and O–H groups in total. The standard InChI is InChI=1S/C4H3ClNOS/c1-3-4(5)2-6-8(3)7/h1H3/q-1. The van der Waals surface area contributed by atoms with E-state index >= 15 is 0 Å². The first kappa shape index (κ1) is 5.98. The number of allylic oxidation sites excluding steroid dienone is 2. The summed E-state index contributed by atoms with van der Waals surface area (Å²) in [5.74, 6) is 0. The maximum absolute atomic E-state index is 10.5. The van der Waals surface area contributed by atoms with Gasteiger partial charge in [-0.2, -0.15) is 0 Å². The minimum atomic E-state index is -1.24. The van der Waals surface area contributed by atoms with E-state index in [0.29, 0.717) is 9.94 Å². The normalized spacial score (nSPS) is 27.5. The zero-order valence-corrected chi connectivity index (χ0v) is 5.71. The molecule has 4 heteroatoms. The second kappa shape index (κ2) is 1.99. The number of hydrogen-bond acceptors (Lipinski definition) is 1. The van der Waals surface area contributed by atoms with Crippen LogP contribution in [-0.4, -0.2) is 10.4 Å². The van der Waals surface area contributed by atoms with E-state index in [1.54, 1.807) is 6.92 Å². The molecule has 0 saturated heterocycles. The summed E-state index contributed by atoms with van der Waals surface area (Å²) in [5.41, 5.74) is 0. The largest absolute Gasteiger partial charge is 0.313 e. The Kier molecular flexibility index (Phi) is 1.49. The zero-order valence-electron chi connectivity index (χ0n) is 4.14. The summed E-state index contributed by atoms with van der Waals surface area (Å²) >= 11 is 5.44. The molecule has 2 nitrogen and oxygen atoms in total. The van der Waals surface area contributed by atoms with Crippen LogP contribution >= 0.6 is 11.6 Å². The third kappa shape index (κ3) is 0.833. The van der Waals surface area contributed by atoms with Crippen molar-refractivity contribution in [2.75, 3.05) is 0 Å². The molecule has 0 fully saturated rings. The van der Waals surface area contributed by atoms with Gasteiger partial charge in [0.25, 0.3) is 0 Å². The van der Waals surface area contributed by atoms with E-state index in [-0.39, 0.29) is 0 Å². The van der Waals surface area contributed by atoms with Gasteiger partial charge in [0.1, 0.15) is 0 Å². The molecule has 0 saturated carbocycles. The monoisotopic (exact) mass is 148 g/mol. The van der Waals surface area contributed by atoms with Crippen LogP contribution in [0, 0.1) is 0 Å². The molecule has 1 atom stereocenters. The summed E-state index contributed by atoms with van der Waals surface area (Å²) in [4.78, 5) is 0.590. The fourth-order valence-electron chi connectivity index (χ4n) is 0.305. The van der Waals surface area contributed by atoms with E-state index in [9.17, 15) is 4.21 Å². The molecule has 1 aliphatic heterocycles. The Hall–Kier alpha value is -0.150. The van der Waals surface area contributed by atoms with Crippen molar-refractivity contribution in [2.24, 2.45) is 4.40 Å². The highest BCUT2D eigenvalue weighted by atomic mass is 35.5. The van der Waals surface area contributed by atoms with E-state index in [1.165, 1.54) is 0 Å². The molecule has 0 aliphatic carbocycles. The van der Waals surface area contributed by atoms with Crippen molar-refractivity contribution in [3.05, 3.63) is 9.94 Å². The van der Waals surface area contributed by atoms with Crippen LogP contribution in [0.4, 0.5) is 0 Å². The summed E-state index contributed by atoms with van der Waals surface area (Å²) in [5, 5.41) is 0.378. The maximum atomic E-state index is 10.5. The Labute approximate surface area is 54.8 Å². The van der Waals surface area contributed by atoms with Crippen LogP contribution < -0.4 is 0 Å². The first-order valence-corrected chi connectivity index (χ1v) is 3.45. The molecule has 1 aliphatic rings. The van der Waals surface area contributed by atoms with Gasteiger partial charge >= 0.3 is 0 Å². The molecule has 0 radical (unpaired) electrons. The van der Waals surface area contributed by atoms with Gasteiger partial charge in [-0.25, -0.2) is 0 Å². The van der Waals surface area contributed by atoms with Gasteiger partial charge in [-0.05, 0) is 0 Å². The Morgan fingerprint density at radius 2 is 2.50 bits per heavy atom. The number of rotatable bonds is 0. The Bertz CT molecular complexity index is 192. The first-order valence-electron chi connectivity index (χ1n) is 1.97. The molecule has 1 heterocycles. The SMILES string of the molecule is CC1=C(Cl)[C-]=NS1=O. The zero-order chi connectivity index (χ0) is 6.15. The Morgan fingerprint density at radius 1 is 1.88 bits per heavy atom. The topological polar surface area (TPSA) is 29.4 Å². The van der Waals surface area contributed by atoms with Crippen molar-refractivity contribution in [3.8, 4) is 0 Å². The van der Waals surface area contributed by atoms with E-state index in [0.717, 1.165) is 0 Å². The van der Waals surface area contributed by atoms with Gasteiger partial charge in [0.2, 0.25) is 0 Å². The molecule has 1 rings (SSSR count). The molecule has 0 amide bonds. The number of halogens is 1. The van der Waals surface area contributed by atoms with Gasteiger partial charge in [-0.1, -0.05) is 16.9 Å². The quantitative estimate of drug-likeness (QED) is 0.473. The van der Waals surface area contributed by atoms with Gasteiger partial charge in [0.15, 0.2) is 0 Å². The molecule has 0 aromatic heterocycles. The molecular formula is C4H3ClNOS-. The second-order valence-electron chi connectivity index (χ2n) is 1.32. The third-order valence-electron chi connectivity index (χ3n) is 0.798. The van der Waals surface area contributed by atoms with Crippen molar-refractivity contribution >= 4 is 28.8 Å². The summed E-state index contributed by atoms with van der Waals surface area (Å²) in [6.07, 6.45) is 2.39. The molecular weight excluding hydrogens is 146 g/mol. The minimum absolute atomic E-state index is 0.378. The first-order chi connectivity index (χ1) is 3.72. The maximum Gasteiger partial charge on any atom is 0.0647 e. The minimum Gasteiger partial charge on any atom is -0.313 e. The lowest BCUT2D eigenvalue weighted by Crippen LogP contribution is -1.78. The van der Waals surface area contributed by atoms with Crippen LogP contribution in [-0.2, 0) is 11.0 Å². The lowest BCUT2D eigenvalue weighted by Gasteiger charge is -1.95. The van der Waals surface area contributed by atoms with Crippen molar-refractivity contribution < 1.29 is 4.21 Å². The Balaban J connectivity index is 3.02. The summed E-state index contributed by atoms with van der Waals surface area (Å²) < 4.78 is 13.9. The van der Waals surface area contributed by atoms with Gasteiger partial charge in [0.05, 0.1) is 11.0 Å². The van der Waals surface area contributed by atoms with Gasteiger partial charge in [-0.3, -0.25) is 4.21 Å². The van der Waals surface area contributed by atoms with Crippen molar-refractivity contribution in [3.63, 3.8) is 0 Å². The Morgan fingerprint density at radius 3 is 2.62 bits per heavy atom. The van der Waals surface area contributed by atoms with Crippen LogP contribution in [0.5, 0.6) is 0 Å². The third-order valence-corrected chi connectivity index (χ3v) is 2.26. The fourth-order valence-corrected chi connectivity index (χ4v) is 1.11. The molecule has 8 heavy (non-hydrogen) atoms. The van der Waals surface area contributed by atoms with Gasteiger partial charge < -0.3 is 4.40 Å². The van der Waals surface area contributed by atoms with Crippen LogP contribution in [0.2, 0.25) is 0 Å². The average Bonchev–Trinajstić information content (AvgIpc) is 1.98. The average molecular weight is 149 g/mol. The molecule has 44 valence electrons. The highest BCUT2D eigenvalue weighted by Crippen LogP contribution is 2.17. The highest BCUT2D eigenvalue weighted by Gasteiger charge is 1.96. The molecule has 1 unspecified atom stereocenters. The van der Waals surface area contributed by atoms with Crippen LogP contribution in [0.1, 0.15) is 6.92 Å². The summed E-state index contributed by atoms with van der Waals surface area (Å²) in [6.45, 7) is 1.67. The predicted octanol–water partition coefficient (Wildman–Crippen LogP) is 1.08. The van der Waals surface area contributed by atoms with Crippen LogP contribution in [0.15, 0.2) is 14.3 Å². The van der Waals surface area contributed by atoms with Gasteiger partial charge in [-0.15, -0.1) is 17.8 Å². The molecule has 0 aromatic rings. The molecule has 0 bridgehead atoms. The molecule has 0 aromatic carbocycles. The predicted molar refractivity (Wildman–Crippen MR) is 34.1 cm³/mol. The second-order valence-corrected chi connectivity index (χ2v) is 2.99. The van der Waals surface area contributed by atoms with E-state index in [4.69, 9.17) is 11.6 Å². The lowest BCUT2D eigenvalue weighted by molar-refractivity contribution is 0.688. The summed E-state index contributed by atoms with van der Waals surface area (Å²) in [7, 11) is -1.24. The lowest BCUT2D eigenvalue weighted by atomic mass is 10.5. The fraction of sp³-hybridized carbons (Fsp3) is 0.250. The smallest absolute Gasteiger partial charge is 0.0647 e. The van der Waals surface area contributed by atoms with E-state index in [2.05, 4.69) is 10.6 Å². The van der Waals surface area contributed by atoms with Crippen molar-refractivity contribution in [1.29, 1.82) is 0 Å². The molecule has 0 spiro atoms. The highest BCUT2D eigenvalue weighted by molar-refractivity contribution is 7.88. The van der Waals surface area contributed by atoms with Crippen molar-refractivity contribution in [1.82, 2.24) is 0 Å². The van der Waals surface area contributed by atoms with E-state index in [1.807, 2.05) is 0 Å². The summed E-state index contributed by atoms with van der Waals surface area (Å²) in [6, 6.07) is 0. The number of nitrogens with zero attached hydrogens (tertiary/aromatic N) is 1. The number of hydrogen-bond donors (Lipinski definition) is 0. The van der Waals surface area contributed by atoms with Crippen molar-refractivity contribution in [2.45, 2.75) is 6.92 Å². The van der Waals surface area contributed by atoms with Gasteiger partial charge in [0, 0.05) is 0 Å². The van der Waals surface area contributed by atoms with Crippen LogP contribution in [0.3, 0.4) is 0 Å². The van der Waals surface area contributed by atoms with E-state index < -0.39 is 11.0 Å². The van der Waals surface area contributed by atoms with Crippen LogP contribution in [0.25, 0.3) is 0 Å².